The Balaban J connectivity index is 2.84. The minimum absolute atomic E-state index is 0.254. The van der Waals surface area contributed by atoms with E-state index in [1.807, 2.05) is 0 Å². The molecule has 0 N–H and O–H groups in total. The summed E-state index contributed by atoms with van der Waals surface area (Å²) in [5, 5.41) is 3.75. The molecule has 0 fully saturated rings. The average Bonchev–Trinajstić information content (AvgIpc) is 2.24. The Morgan fingerprint density at radius 1 is 1.60 bits per heavy atom. The number of ether oxygens (including phenoxy) is 1. The summed E-state index contributed by atoms with van der Waals surface area (Å²) >= 11 is 11.4. The van der Waals surface area contributed by atoms with Gasteiger partial charge in [-0.15, -0.1) is 11.6 Å². The first kappa shape index (κ1) is 12.7. The predicted molar refractivity (Wildman–Crippen MR) is 60.7 cm³/mol. The van der Waals surface area contributed by atoms with Crippen LogP contribution in [0.5, 0.6) is 0 Å². The van der Waals surface area contributed by atoms with Crippen molar-refractivity contribution in [1.82, 2.24) is 9.78 Å². The van der Waals surface area contributed by atoms with Gasteiger partial charge in [0.1, 0.15) is 10.4 Å². The van der Waals surface area contributed by atoms with Crippen LogP contribution in [0.15, 0.2) is 19.9 Å². The van der Waals surface area contributed by atoms with Gasteiger partial charge in [0, 0.05) is 0 Å². The number of alkyl halides is 1. The first-order chi connectivity index (χ1) is 7.06. The third kappa shape index (κ3) is 3.29. The minimum Gasteiger partial charge on any atom is -0.441 e. The maximum absolute atomic E-state index is 11.5. The van der Waals surface area contributed by atoms with Gasteiger partial charge in [0.25, 0.3) is 5.56 Å². The van der Waals surface area contributed by atoms with E-state index in [1.54, 1.807) is 0 Å². The van der Waals surface area contributed by atoms with Crippen LogP contribution in [0.25, 0.3) is 0 Å². The molecular formula is C7H5Br2ClN2O3. The number of rotatable bonds is 3. The van der Waals surface area contributed by atoms with Crippen LogP contribution < -0.4 is 5.56 Å². The second-order valence-electron chi connectivity index (χ2n) is 2.39. The number of carbonyl (C=O) groups is 1. The molecule has 82 valence electrons. The quantitative estimate of drug-likeness (QED) is 0.606. The molecule has 0 aliphatic carbocycles. The summed E-state index contributed by atoms with van der Waals surface area (Å²) in [6.07, 6.45) is 1.42. The van der Waals surface area contributed by atoms with Crippen molar-refractivity contribution in [1.29, 1.82) is 0 Å². The van der Waals surface area contributed by atoms with Crippen molar-refractivity contribution in [2.24, 2.45) is 0 Å². The van der Waals surface area contributed by atoms with Crippen LogP contribution >= 0.6 is 43.5 Å². The number of hydrogen-bond acceptors (Lipinski definition) is 4. The van der Waals surface area contributed by atoms with Crippen LogP contribution in [0.4, 0.5) is 0 Å². The zero-order valence-electron chi connectivity index (χ0n) is 7.24. The molecule has 0 aromatic carbocycles. The fraction of sp³-hybridized carbons (Fsp3) is 0.286. The summed E-state index contributed by atoms with van der Waals surface area (Å²) in [4.78, 5) is 22.2. The van der Waals surface area contributed by atoms with Gasteiger partial charge >= 0.3 is 5.97 Å². The van der Waals surface area contributed by atoms with Gasteiger partial charge in [-0.25, -0.2) is 0 Å². The van der Waals surface area contributed by atoms with Gasteiger partial charge in [-0.1, -0.05) is 0 Å². The van der Waals surface area contributed by atoms with Crippen molar-refractivity contribution in [2.45, 2.75) is 6.73 Å². The lowest BCUT2D eigenvalue weighted by Gasteiger charge is -2.05. The van der Waals surface area contributed by atoms with E-state index in [9.17, 15) is 9.59 Å². The van der Waals surface area contributed by atoms with Gasteiger partial charge in [0.05, 0.1) is 10.7 Å². The lowest BCUT2D eigenvalue weighted by atomic mass is 10.6. The summed E-state index contributed by atoms with van der Waals surface area (Å²) in [6, 6.07) is 0. The summed E-state index contributed by atoms with van der Waals surface area (Å²) in [5.74, 6) is -0.865. The maximum atomic E-state index is 11.5. The van der Waals surface area contributed by atoms with Gasteiger partial charge in [0.2, 0.25) is 0 Å². The average molecular weight is 360 g/mol. The first-order valence-corrected chi connectivity index (χ1v) is 5.81. The second-order valence-corrected chi connectivity index (χ2v) is 4.30. The molecule has 0 amide bonds. The highest BCUT2D eigenvalue weighted by Crippen LogP contribution is 2.16. The molecule has 0 unspecified atom stereocenters. The molecule has 0 aliphatic rings. The highest BCUT2D eigenvalue weighted by atomic mass is 79.9. The van der Waals surface area contributed by atoms with Gasteiger partial charge in [-0.3, -0.25) is 9.59 Å². The lowest BCUT2D eigenvalue weighted by molar-refractivity contribution is -0.144. The second kappa shape index (κ2) is 5.62. The fourth-order valence-corrected chi connectivity index (χ4v) is 1.35. The van der Waals surface area contributed by atoms with Gasteiger partial charge in [-0.2, -0.15) is 9.78 Å². The molecule has 0 aliphatic heterocycles. The van der Waals surface area contributed by atoms with Crippen LogP contribution in [-0.2, 0) is 16.3 Å². The van der Waals surface area contributed by atoms with Crippen molar-refractivity contribution in [3.63, 3.8) is 0 Å². The fourth-order valence-electron chi connectivity index (χ4n) is 0.709. The maximum Gasteiger partial charge on any atom is 0.322 e. The Labute approximate surface area is 107 Å². The number of nitrogens with zero attached hydrogens (tertiary/aromatic N) is 2. The van der Waals surface area contributed by atoms with E-state index < -0.39 is 11.5 Å². The van der Waals surface area contributed by atoms with E-state index in [-0.39, 0.29) is 12.6 Å². The highest BCUT2D eigenvalue weighted by Gasteiger charge is 2.07. The molecule has 0 atom stereocenters. The van der Waals surface area contributed by atoms with Gasteiger partial charge in [-0.05, 0) is 31.9 Å². The summed E-state index contributed by atoms with van der Waals surface area (Å²) in [7, 11) is 0. The SMILES string of the molecule is O=C(CCl)OCn1ncc(Br)c(Br)c1=O. The number of halogens is 3. The van der Waals surface area contributed by atoms with Gasteiger partial charge < -0.3 is 4.74 Å². The molecule has 0 radical (unpaired) electrons. The molecule has 5 nitrogen and oxygen atoms in total. The third-order valence-corrected chi connectivity index (χ3v) is 3.52. The first-order valence-electron chi connectivity index (χ1n) is 3.69. The molecule has 1 heterocycles. The standard InChI is InChI=1S/C7H5Br2ClN2O3/c8-4-2-11-12(7(14)6(4)9)3-15-5(13)1-10/h2H,1,3H2. The number of aromatic nitrogens is 2. The van der Waals surface area contributed by atoms with Crippen LogP contribution in [-0.4, -0.2) is 21.6 Å². The van der Waals surface area contributed by atoms with Crippen molar-refractivity contribution in [3.05, 3.63) is 25.5 Å². The predicted octanol–water partition coefficient (Wildman–Crippen LogP) is 1.51. The monoisotopic (exact) mass is 358 g/mol. The Hall–Kier alpha value is -0.400. The molecular weight excluding hydrogens is 355 g/mol. The number of hydrogen-bond donors (Lipinski definition) is 0. The van der Waals surface area contributed by atoms with Crippen LogP contribution in [0.3, 0.4) is 0 Å². The summed E-state index contributed by atoms with van der Waals surface area (Å²) in [6.45, 7) is -0.254. The molecule has 0 saturated carbocycles. The molecule has 1 aromatic heterocycles. The Morgan fingerprint density at radius 3 is 2.87 bits per heavy atom. The van der Waals surface area contributed by atoms with E-state index in [2.05, 4.69) is 41.7 Å². The van der Waals surface area contributed by atoms with E-state index >= 15 is 0 Å². The molecule has 0 spiro atoms. The van der Waals surface area contributed by atoms with Crippen LogP contribution in [0.1, 0.15) is 0 Å². The van der Waals surface area contributed by atoms with Gasteiger partial charge in [0.15, 0.2) is 6.73 Å². The van der Waals surface area contributed by atoms with Crippen LogP contribution in [0, 0.1) is 0 Å². The topological polar surface area (TPSA) is 61.2 Å². The van der Waals surface area contributed by atoms with Crippen molar-refractivity contribution < 1.29 is 9.53 Å². The van der Waals surface area contributed by atoms with Crippen LogP contribution in [0.2, 0.25) is 0 Å². The molecule has 0 saturated heterocycles. The summed E-state index contributed by atoms with van der Waals surface area (Å²) in [5.41, 5.74) is -0.397. The van der Waals surface area contributed by atoms with E-state index in [0.29, 0.717) is 8.95 Å². The Kier molecular flexibility index (Phi) is 4.75. The van der Waals surface area contributed by atoms with Crippen molar-refractivity contribution in [3.8, 4) is 0 Å². The van der Waals surface area contributed by atoms with E-state index in [1.165, 1.54) is 6.20 Å². The molecule has 8 heteroatoms. The largest absolute Gasteiger partial charge is 0.441 e. The summed E-state index contributed by atoms with van der Waals surface area (Å²) < 4.78 is 6.50. The molecule has 1 rings (SSSR count). The molecule has 0 bridgehead atoms. The minimum atomic E-state index is -0.607. The third-order valence-electron chi connectivity index (χ3n) is 1.40. The Morgan fingerprint density at radius 2 is 2.27 bits per heavy atom. The normalized spacial score (nSPS) is 10.1. The highest BCUT2D eigenvalue weighted by molar-refractivity contribution is 9.13. The Bertz CT molecular complexity index is 435. The zero-order chi connectivity index (χ0) is 11.4. The zero-order valence-corrected chi connectivity index (χ0v) is 11.2. The smallest absolute Gasteiger partial charge is 0.322 e. The van der Waals surface area contributed by atoms with Crippen molar-refractivity contribution in [2.75, 3.05) is 5.88 Å². The number of carbonyl (C=O) groups excluding carboxylic acids is 1. The lowest BCUT2D eigenvalue weighted by Crippen LogP contribution is -2.26. The molecule has 1 aromatic rings. The van der Waals surface area contributed by atoms with Crippen molar-refractivity contribution >= 4 is 49.4 Å². The van der Waals surface area contributed by atoms with E-state index in [4.69, 9.17) is 11.6 Å². The number of esters is 1. The van der Waals surface area contributed by atoms with E-state index in [0.717, 1.165) is 4.68 Å². The molecule has 15 heavy (non-hydrogen) atoms.